The molecule has 0 aliphatic carbocycles. The number of halogens is 2. The van der Waals surface area contributed by atoms with Gasteiger partial charge in [-0.3, -0.25) is 4.79 Å². The van der Waals surface area contributed by atoms with Crippen molar-refractivity contribution in [3.63, 3.8) is 0 Å². The summed E-state index contributed by atoms with van der Waals surface area (Å²) in [7, 11) is 0. The molecular formula is C18H21BrClN2O+. The molecule has 0 heterocycles. The molecule has 122 valence electrons. The zero-order valence-corrected chi connectivity index (χ0v) is 15.6. The third-order valence-electron chi connectivity index (χ3n) is 3.80. The predicted octanol–water partition coefficient (Wildman–Crippen LogP) is 3.60. The summed E-state index contributed by atoms with van der Waals surface area (Å²) in [6.07, 6.45) is 0. The SMILES string of the molecule is C[C@@H](NC(=O)C[NH2+][C@H](C)c1ccccc1Cl)c1ccccc1Br. The summed E-state index contributed by atoms with van der Waals surface area (Å²) in [6, 6.07) is 15.7. The largest absolute Gasteiger partial charge is 0.345 e. The predicted molar refractivity (Wildman–Crippen MR) is 97.4 cm³/mol. The van der Waals surface area contributed by atoms with Gasteiger partial charge in [0.2, 0.25) is 0 Å². The van der Waals surface area contributed by atoms with Crippen molar-refractivity contribution in [2.45, 2.75) is 25.9 Å². The molecule has 0 aliphatic heterocycles. The number of quaternary nitrogens is 1. The lowest BCUT2D eigenvalue weighted by Gasteiger charge is -2.17. The molecule has 2 aromatic rings. The van der Waals surface area contributed by atoms with Crippen LogP contribution in [0.1, 0.15) is 37.1 Å². The van der Waals surface area contributed by atoms with Crippen molar-refractivity contribution < 1.29 is 10.1 Å². The first kappa shape index (κ1) is 18.0. The van der Waals surface area contributed by atoms with Crippen molar-refractivity contribution in [1.29, 1.82) is 0 Å². The summed E-state index contributed by atoms with van der Waals surface area (Å²) in [5.41, 5.74) is 2.11. The lowest BCUT2D eigenvalue weighted by molar-refractivity contribution is -0.682. The van der Waals surface area contributed by atoms with Crippen LogP contribution in [0.15, 0.2) is 53.0 Å². The van der Waals surface area contributed by atoms with Gasteiger partial charge in [0, 0.05) is 15.1 Å². The molecule has 0 fully saturated rings. The third kappa shape index (κ3) is 5.06. The van der Waals surface area contributed by atoms with Gasteiger partial charge in [-0.25, -0.2) is 0 Å². The molecule has 2 rings (SSSR count). The maximum Gasteiger partial charge on any atom is 0.275 e. The first-order valence-corrected chi connectivity index (χ1v) is 8.77. The van der Waals surface area contributed by atoms with E-state index in [2.05, 4.69) is 21.2 Å². The Bertz CT molecular complexity index is 678. The number of carbonyl (C=O) groups is 1. The van der Waals surface area contributed by atoms with Crippen LogP contribution in [0.5, 0.6) is 0 Å². The van der Waals surface area contributed by atoms with Crippen molar-refractivity contribution in [2.75, 3.05) is 6.54 Å². The average Bonchev–Trinajstić information content (AvgIpc) is 2.53. The molecule has 5 heteroatoms. The molecule has 0 bridgehead atoms. The molecule has 0 unspecified atom stereocenters. The first-order valence-electron chi connectivity index (χ1n) is 7.60. The van der Waals surface area contributed by atoms with Crippen LogP contribution in [0.3, 0.4) is 0 Å². The van der Waals surface area contributed by atoms with E-state index >= 15 is 0 Å². The molecule has 1 amide bonds. The Kier molecular flexibility index (Phi) is 6.63. The highest BCUT2D eigenvalue weighted by molar-refractivity contribution is 9.10. The Morgan fingerprint density at radius 3 is 2.39 bits per heavy atom. The van der Waals surface area contributed by atoms with Gasteiger partial charge in [-0.1, -0.05) is 63.9 Å². The molecule has 0 radical (unpaired) electrons. The lowest BCUT2D eigenvalue weighted by atomic mass is 10.1. The highest BCUT2D eigenvalue weighted by Crippen LogP contribution is 2.22. The minimum atomic E-state index is -0.0397. The molecule has 23 heavy (non-hydrogen) atoms. The fraction of sp³-hybridized carbons (Fsp3) is 0.278. The van der Waals surface area contributed by atoms with Crippen molar-refractivity contribution in [2.24, 2.45) is 0 Å². The molecule has 0 aromatic heterocycles. The van der Waals surface area contributed by atoms with E-state index in [1.807, 2.05) is 67.7 Å². The zero-order valence-electron chi connectivity index (χ0n) is 13.2. The highest BCUT2D eigenvalue weighted by atomic mass is 79.9. The smallest absolute Gasteiger partial charge is 0.275 e. The molecule has 3 N–H and O–H groups in total. The number of nitrogens with two attached hydrogens (primary N) is 1. The van der Waals surface area contributed by atoms with Crippen molar-refractivity contribution in [1.82, 2.24) is 5.32 Å². The van der Waals surface area contributed by atoms with Crippen molar-refractivity contribution in [3.05, 3.63) is 69.2 Å². The Labute approximate surface area is 150 Å². The van der Waals surface area contributed by atoms with Crippen LogP contribution in [0.25, 0.3) is 0 Å². The minimum Gasteiger partial charge on any atom is -0.345 e. The minimum absolute atomic E-state index is 0.00663. The number of hydrogen-bond donors (Lipinski definition) is 2. The lowest BCUT2D eigenvalue weighted by Crippen LogP contribution is -2.87. The second-order valence-corrected chi connectivity index (χ2v) is 6.82. The van der Waals surface area contributed by atoms with Gasteiger partial charge in [0.15, 0.2) is 6.54 Å². The zero-order chi connectivity index (χ0) is 16.8. The fourth-order valence-electron chi connectivity index (χ4n) is 2.46. The van der Waals surface area contributed by atoms with Crippen LogP contribution < -0.4 is 10.6 Å². The summed E-state index contributed by atoms with van der Waals surface area (Å²) in [5, 5.41) is 5.75. The van der Waals surface area contributed by atoms with E-state index < -0.39 is 0 Å². The maximum absolute atomic E-state index is 12.2. The summed E-state index contributed by atoms with van der Waals surface area (Å²) >= 11 is 9.70. The van der Waals surface area contributed by atoms with Gasteiger partial charge in [-0.15, -0.1) is 0 Å². The Morgan fingerprint density at radius 2 is 1.74 bits per heavy atom. The molecule has 0 aliphatic rings. The van der Waals surface area contributed by atoms with Gasteiger partial charge in [-0.05, 0) is 31.5 Å². The van der Waals surface area contributed by atoms with Gasteiger partial charge >= 0.3 is 0 Å². The highest BCUT2D eigenvalue weighted by Gasteiger charge is 2.16. The first-order chi connectivity index (χ1) is 11.0. The molecule has 2 atom stereocenters. The van der Waals surface area contributed by atoms with E-state index in [4.69, 9.17) is 11.6 Å². The average molecular weight is 397 g/mol. The molecule has 0 spiro atoms. The quantitative estimate of drug-likeness (QED) is 0.770. The van der Waals surface area contributed by atoms with E-state index in [0.29, 0.717) is 6.54 Å². The Hall–Kier alpha value is -1.36. The summed E-state index contributed by atoms with van der Waals surface area (Å²) < 4.78 is 1.00. The monoisotopic (exact) mass is 395 g/mol. The molecule has 2 aromatic carbocycles. The standard InChI is InChI=1S/C18H20BrClN2O/c1-12(15-8-4-6-10-17(15)20)21-11-18(23)22-13(2)14-7-3-5-9-16(14)19/h3-10,12-13,21H,11H2,1-2H3,(H,22,23)/p+1/t12-,13-/m1/s1. The van der Waals surface area contributed by atoms with Gasteiger partial charge in [0.25, 0.3) is 5.91 Å². The number of carbonyl (C=O) groups excluding carboxylic acids is 1. The van der Waals surface area contributed by atoms with E-state index in [0.717, 1.165) is 20.6 Å². The number of nitrogens with one attached hydrogen (secondary N) is 1. The maximum atomic E-state index is 12.2. The number of benzene rings is 2. The molecule has 0 saturated carbocycles. The molecule has 3 nitrogen and oxygen atoms in total. The van der Waals surface area contributed by atoms with Crippen molar-refractivity contribution >= 4 is 33.4 Å². The summed E-state index contributed by atoms with van der Waals surface area (Å²) in [5.74, 6) is 0.00663. The van der Waals surface area contributed by atoms with Gasteiger partial charge in [0.1, 0.15) is 6.04 Å². The molecular weight excluding hydrogens is 376 g/mol. The van der Waals surface area contributed by atoms with Gasteiger partial charge in [0.05, 0.1) is 6.04 Å². The van der Waals surface area contributed by atoms with Crippen LogP contribution in [0.2, 0.25) is 5.02 Å². The van der Waals surface area contributed by atoms with Crippen LogP contribution in [-0.4, -0.2) is 12.5 Å². The van der Waals surface area contributed by atoms with E-state index in [-0.39, 0.29) is 18.0 Å². The fourth-order valence-corrected chi connectivity index (χ4v) is 3.40. The second-order valence-electron chi connectivity index (χ2n) is 5.56. The van der Waals surface area contributed by atoms with Crippen LogP contribution in [-0.2, 0) is 4.79 Å². The number of amides is 1. The van der Waals surface area contributed by atoms with Crippen LogP contribution >= 0.6 is 27.5 Å². The van der Waals surface area contributed by atoms with Crippen LogP contribution in [0.4, 0.5) is 0 Å². The van der Waals surface area contributed by atoms with Crippen LogP contribution in [0, 0.1) is 0 Å². The Balaban J connectivity index is 1.88. The number of rotatable bonds is 6. The topological polar surface area (TPSA) is 45.7 Å². The van der Waals surface area contributed by atoms with E-state index in [1.165, 1.54) is 0 Å². The van der Waals surface area contributed by atoms with Gasteiger partial charge in [-0.2, -0.15) is 0 Å². The van der Waals surface area contributed by atoms with E-state index in [9.17, 15) is 4.79 Å². The summed E-state index contributed by atoms with van der Waals surface area (Å²) in [4.78, 5) is 12.2. The van der Waals surface area contributed by atoms with Crippen molar-refractivity contribution in [3.8, 4) is 0 Å². The second kappa shape index (κ2) is 8.48. The van der Waals surface area contributed by atoms with Gasteiger partial charge < -0.3 is 10.6 Å². The normalized spacial score (nSPS) is 13.4. The third-order valence-corrected chi connectivity index (χ3v) is 4.87. The Morgan fingerprint density at radius 1 is 1.13 bits per heavy atom. The van der Waals surface area contributed by atoms with E-state index in [1.54, 1.807) is 0 Å². The number of hydrogen-bond acceptors (Lipinski definition) is 1. The molecule has 0 saturated heterocycles. The summed E-state index contributed by atoms with van der Waals surface area (Å²) in [6.45, 7) is 4.39.